The summed E-state index contributed by atoms with van der Waals surface area (Å²) in [4.78, 5) is 163. The molecule has 7 heterocycles. The lowest BCUT2D eigenvalue weighted by atomic mass is 9.95. The highest BCUT2D eigenvalue weighted by molar-refractivity contribution is 5.92. The van der Waals surface area contributed by atoms with Crippen molar-refractivity contribution in [2.75, 3.05) is 27.4 Å². The first-order valence-corrected chi connectivity index (χ1v) is 38.6. The first-order chi connectivity index (χ1) is 59.7. The summed E-state index contributed by atoms with van der Waals surface area (Å²) in [5.74, 6) is -10.9. The maximum absolute atomic E-state index is 14.7. The predicted octanol–water partition coefficient (Wildman–Crippen LogP) is 2.76. The lowest BCUT2D eigenvalue weighted by molar-refractivity contribution is -0.285. The molecule has 0 unspecified atom stereocenters. The third-order valence-corrected chi connectivity index (χ3v) is 19.5. The average molecular weight is 1720 g/mol. The smallest absolute Gasteiger partial charge is 0.338 e. The normalized spacial score (nSPS) is 25.9. The number of benzene rings is 5. The zero-order valence-electron chi connectivity index (χ0n) is 67.7. The van der Waals surface area contributed by atoms with Gasteiger partial charge in [0.1, 0.15) is 79.0 Å². The molecule has 2 amide bonds. The van der Waals surface area contributed by atoms with Crippen molar-refractivity contribution in [2.24, 2.45) is 0 Å². The lowest BCUT2D eigenvalue weighted by Crippen LogP contribution is -2.66. The van der Waals surface area contributed by atoms with Gasteiger partial charge in [0.2, 0.25) is 11.8 Å². The van der Waals surface area contributed by atoms with E-state index in [9.17, 15) is 62.6 Å². The average Bonchev–Trinajstić information content (AvgIpc) is 1.17. The summed E-state index contributed by atoms with van der Waals surface area (Å²) in [6.07, 6.45) is -26.7. The standard InChI is InChI=1S/C82H87N11O31/c1-43(94)83-59-64(111-38-55-35-92(89-86-55)74-70(123-78(103)52-30-20-12-21-31-52)66(61(100)67(119-74)80(105)107-7)121-76(101)50-26-16-10-17-27-50)62(115-47(5)98)57(41-109-45(3)96)117-73(59)91-34-54(85-88-91)40-113-68-69(122-77(102)51-28-18-11-19-29-51)71(124-79(104)53-32-22-13-23-33-53)75(120-72(68)81(106)108-8)93-36-56(87-90-93)39-112-65-60(84-44(2)95)82(114-37-49-24-14-9-15-25-49)118-58(42-110-46(4)97)63(65)116-48(6)99/h9-36,57-75,82,100H,37-42H2,1-8H3,(H,83,94)(H,84,95)/t57-,58-,59-,60-,61+,62+,63+,64-,65-,66+,67+,68+,69+,70-,71-,72+,73-,74-,75-,82-/m1/s1. The van der Waals surface area contributed by atoms with Crippen LogP contribution >= 0.6 is 0 Å². The summed E-state index contributed by atoms with van der Waals surface area (Å²) in [6.45, 7) is 3.77. The second kappa shape index (κ2) is 42.1. The van der Waals surface area contributed by atoms with E-state index in [1.807, 2.05) is 0 Å². The Kier molecular flexibility index (Phi) is 30.5. The number of rotatable bonds is 33. The summed E-state index contributed by atoms with van der Waals surface area (Å²) >= 11 is 0. The molecule has 20 atom stereocenters. The monoisotopic (exact) mass is 1720 g/mol. The number of carbonyl (C=O) groups is 12. The Morgan fingerprint density at radius 1 is 0.363 bits per heavy atom. The molecule has 12 rings (SSSR count). The Bertz CT molecular complexity index is 5030. The number of methoxy groups -OCH3 is 2. The highest BCUT2D eigenvalue weighted by atomic mass is 16.7. The molecule has 0 saturated carbocycles. The van der Waals surface area contributed by atoms with Gasteiger partial charge < -0.3 is 101 Å². The van der Waals surface area contributed by atoms with Gasteiger partial charge in [-0.2, -0.15) is 0 Å². The summed E-state index contributed by atoms with van der Waals surface area (Å²) < 4.78 is 112. The van der Waals surface area contributed by atoms with Crippen molar-refractivity contribution in [1.82, 2.24) is 55.6 Å². The molecule has 8 aromatic rings. The maximum atomic E-state index is 14.7. The number of hydrogen-bond acceptors (Lipinski definition) is 37. The number of nitrogens with zero attached hydrogens (tertiary/aromatic N) is 9. The van der Waals surface area contributed by atoms with Crippen LogP contribution in [0.3, 0.4) is 0 Å². The number of aromatic nitrogens is 9. The molecular formula is C82H87N11O31. The van der Waals surface area contributed by atoms with E-state index in [1.165, 1.54) is 74.0 Å². The van der Waals surface area contributed by atoms with Crippen molar-refractivity contribution in [2.45, 2.75) is 190 Å². The SMILES string of the molecule is COC(=O)[C@H]1O[C@@H](n2cc(CO[C@@H]3[C@@H](NC(C)=O)[C@H](n4cc(CO[C@H]5[C@H](OC(=O)c6ccccc6)[C@@H](OC(=O)c6ccccc6)[C@H](n6cc(CO[C@@H]7[C@@H](NC(C)=O)[C@H](OCc8ccccc8)O[C@H](COC(C)=O)[C@@H]7OC(C)=O)nn6)O[C@@H]5C(=O)OC)nn4)O[C@H](COC(C)=O)[C@@H]3OC(C)=O)nn2)[C@H](OC(=O)c2ccccc2)[C@@H](OC(=O)c2ccccc2)[C@@H]1O. The summed E-state index contributed by atoms with van der Waals surface area (Å²) in [5.41, 5.74) is 0.460. The van der Waals surface area contributed by atoms with Gasteiger partial charge in [-0.25, -0.2) is 42.8 Å². The highest BCUT2D eigenvalue weighted by Gasteiger charge is 2.58. The first-order valence-electron chi connectivity index (χ1n) is 38.6. The number of aliphatic hydroxyl groups is 1. The molecule has 42 nitrogen and oxygen atoms in total. The van der Waals surface area contributed by atoms with Gasteiger partial charge in [0.05, 0.1) is 81.5 Å². The van der Waals surface area contributed by atoms with Crippen molar-refractivity contribution < 1.29 is 148 Å². The molecule has 42 heteroatoms. The van der Waals surface area contributed by atoms with Crippen LogP contribution in [-0.4, -0.2) is 253 Å². The van der Waals surface area contributed by atoms with Crippen LogP contribution in [0, 0.1) is 0 Å². The van der Waals surface area contributed by atoms with Crippen molar-refractivity contribution in [3.63, 3.8) is 0 Å². The predicted molar refractivity (Wildman–Crippen MR) is 410 cm³/mol. The van der Waals surface area contributed by atoms with Gasteiger partial charge in [0.15, 0.2) is 73.8 Å². The topological polar surface area (TPSA) is 507 Å². The van der Waals surface area contributed by atoms with Crippen LogP contribution in [0.2, 0.25) is 0 Å². The first kappa shape index (κ1) is 90.0. The Hall–Kier alpha value is -13.2. The summed E-state index contributed by atoms with van der Waals surface area (Å²) in [5, 5.41) is 43.2. The zero-order chi connectivity index (χ0) is 88.3. The molecule has 0 aliphatic carbocycles. The van der Waals surface area contributed by atoms with Crippen LogP contribution in [0.25, 0.3) is 0 Å². The van der Waals surface area contributed by atoms with Gasteiger partial charge >= 0.3 is 59.7 Å². The van der Waals surface area contributed by atoms with E-state index in [4.69, 9.17) is 85.3 Å². The minimum Gasteiger partial charge on any atom is -0.467 e. The minimum absolute atomic E-state index is 0.0151. The fourth-order valence-corrected chi connectivity index (χ4v) is 14.0. The van der Waals surface area contributed by atoms with E-state index in [1.54, 1.807) is 103 Å². The molecule has 3 aromatic heterocycles. The molecule has 4 aliphatic rings. The summed E-state index contributed by atoms with van der Waals surface area (Å²) in [7, 11) is 2.03. The Morgan fingerprint density at radius 3 is 1.13 bits per heavy atom. The van der Waals surface area contributed by atoms with Crippen LogP contribution in [0.4, 0.5) is 0 Å². The molecule has 124 heavy (non-hydrogen) atoms. The molecule has 4 fully saturated rings. The van der Waals surface area contributed by atoms with Gasteiger partial charge in [0.25, 0.3) is 0 Å². The van der Waals surface area contributed by atoms with Crippen molar-refractivity contribution >= 4 is 71.5 Å². The van der Waals surface area contributed by atoms with Gasteiger partial charge in [0, 0.05) is 41.5 Å². The second-order valence-electron chi connectivity index (χ2n) is 28.4. The van der Waals surface area contributed by atoms with Gasteiger partial charge in [-0.1, -0.05) is 119 Å². The molecule has 5 aromatic carbocycles. The van der Waals surface area contributed by atoms with E-state index in [0.717, 1.165) is 62.9 Å². The fraction of sp³-hybridized carbons (Fsp3) is 0.415. The van der Waals surface area contributed by atoms with E-state index in [2.05, 4.69) is 41.6 Å². The minimum atomic E-state index is -2.03. The molecule has 4 aliphatic heterocycles. The Morgan fingerprint density at radius 2 is 0.718 bits per heavy atom. The van der Waals surface area contributed by atoms with Crippen molar-refractivity contribution in [3.05, 3.63) is 215 Å². The molecular weight excluding hydrogens is 1630 g/mol. The van der Waals surface area contributed by atoms with E-state index in [0.29, 0.717) is 5.56 Å². The number of aliphatic hydroxyl groups excluding tert-OH is 1. The van der Waals surface area contributed by atoms with E-state index in [-0.39, 0.29) is 45.9 Å². The Balaban J connectivity index is 0.857. The van der Waals surface area contributed by atoms with Crippen molar-refractivity contribution in [1.29, 1.82) is 0 Å². The second-order valence-corrected chi connectivity index (χ2v) is 28.4. The molecule has 0 radical (unpaired) electrons. The summed E-state index contributed by atoms with van der Waals surface area (Å²) in [6, 6.07) is 36.5. The number of hydrogen-bond donors (Lipinski definition) is 3. The van der Waals surface area contributed by atoms with Gasteiger partial charge in [-0.15, -0.1) is 15.3 Å². The van der Waals surface area contributed by atoms with Crippen LogP contribution in [-0.2, 0) is 150 Å². The highest BCUT2D eigenvalue weighted by Crippen LogP contribution is 2.40. The van der Waals surface area contributed by atoms with Crippen molar-refractivity contribution in [3.8, 4) is 0 Å². The molecule has 0 bridgehead atoms. The zero-order valence-corrected chi connectivity index (χ0v) is 67.7. The van der Waals surface area contributed by atoms with Gasteiger partial charge in [-0.3, -0.25) is 28.8 Å². The maximum Gasteiger partial charge on any atom is 0.338 e. The third-order valence-electron chi connectivity index (χ3n) is 19.5. The van der Waals surface area contributed by atoms with E-state index >= 15 is 0 Å². The van der Waals surface area contributed by atoms with Crippen LogP contribution in [0.15, 0.2) is 170 Å². The number of nitrogens with one attached hydrogen (secondary N) is 2. The Labute approximate surface area is 705 Å². The molecule has 656 valence electrons. The number of amides is 2. The fourth-order valence-electron chi connectivity index (χ4n) is 14.0. The third kappa shape index (κ3) is 22.7. The van der Waals surface area contributed by atoms with Gasteiger partial charge in [-0.05, 0) is 54.1 Å². The van der Waals surface area contributed by atoms with Crippen LogP contribution in [0.5, 0.6) is 0 Å². The molecule has 3 N–H and O–H groups in total. The number of ether oxygens (including phenoxy) is 18. The number of carbonyl (C=O) groups excluding carboxylic acids is 12. The van der Waals surface area contributed by atoms with Crippen LogP contribution < -0.4 is 10.6 Å². The van der Waals surface area contributed by atoms with E-state index < -0.39 is 227 Å². The lowest BCUT2D eigenvalue weighted by Gasteiger charge is -2.45. The molecule has 0 spiro atoms. The number of esters is 10. The largest absolute Gasteiger partial charge is 0.467 e. The molecule has 4 saturated heterocycles. The quantitative estimate of drug-likeness (QED) is 0.0393. The van der Waals surface area contributed by atoms with Crippen LogP contribution in [0.1, 0.15) is 124 Å².